The SMILES string of the molecule is CCOC(=O)C(COc1ccc(C(C)C)c(C)c1)NC. The molecule has 1 N–H and O–H groups in total. The van der Waals surface area contributed by atoms with E-state index in [2.05, 4.69) is 32.2 Å². The minimum Gasteiger partial charge on any atom is -0.491 e. The Morgan fingerprint density at radius 2 is 2.05 bits per heavy atom. The molecule has 1 unspecified atom stereocenters. The van der Waals surface area contributed by atoms with E-state index in [1.54, 1.807) is 14.0 Å². The molecule has 0 saturated carbocycles. The number of hydrogen-bond donors (Lipinski definition) is 1. The molecule has 0 aliphatic rings. The van der Waals surface area contributed by atoms with E-state index >= 15 is 0 Å². The van der Waals surface area contributed by atoms with Crippen LogP contribution in [0.2, 0.25) is 0 Å². The standard InChI is InChI=1S/C16H25NO3/c1-6-19-16(18)15(17-5)10-20-13-7-8-14(11(2)3)12(4)9-13/h7-9,11,15,17H,6,10H2,1-5H3. The summed E-state index contributed by atoms with van der Waals surface area (Å²) in [6, 6.07) is 5.58. The first-order valence-corrected chi connectivity index (χ1v) is 7.06. The quantitative estimate of drug-likeness (QED) is 0.780. The van der Waals surface area contributed by atoms with Gasteiger partial charge in [-0.1, -0.05) is 19.9 Å². The molecule has 1 aromatic carbocycles. The van der Waals surface area contributed by atoms with Gasteiger partial charge in [-0.15, -0.1) is 0 Å². The van der Waals surface area contributed by atoms with Crippen molar-refractivity contribution < 1.29 is 14.3 Å². The molecule has 0 bridgehead atoms. The summed E-state index contributed by atoms with van der Waals surface area (Å²) in [4.78, 5) is 11.6. The van der Waals surface area contributed by atoms with Crippen molar-refractivity contribution >= 4 is 5.97 Å². The number of carbonyl (C=O) groups excluding carboxylic acids is 1. The monoisotopic (exact) mass is 279 g/mol. The smallest absolute Gasteiger partial charge is 0.326 e. The number of hydrogen-bond acceptors (Lipinski definition) is 4. The number of carbonyl (C=O) groups is 1. The molecule has 112 valence electrons. The van der Waals surface area contributed by atoms with Crippen LogP contribution in [0.5, 0.6) is 5.75 Å². The van der Waals surface area contributed by atoms with Gasteiger partial charge in [0.1, 0.15) is 18.4 Å². The molecular weight excluding hydrogens is 254 g/mol. The van der Waals surface area contributed by atoms with E-state index < -0.39 is 6.04 Å². The molecule has 0 saturated heterocycles. The molecule has 0 amide bonds. The van der Waals surface area contributed by atoms with Crippen molar-refractivity contribution in [2.75, 3.05) is 20.3 Å². The maximum atomic E-state index is 11.6. The number of esters is 1. The Bertz CT molecular complexity index is 443. The molecule has 1 aromatic rings. The van der Waals surface area contributed by atoms with Gasteiger partial charge in [0, 0.05) is 0 Å². The van der Waals surface area contributed by atoms with E-state index in [0.717, 1.165) is 5.75 Å². The third-order valence-electron chi connectivity index (χ3n) is 3.20. The highest BCUT2D eigenvalue weighted by Gasteiger charge is 2.18. The number of benzene rings is 1. The Balaban J connectivity index is 2.65. The summed E-state index contributed by atoms with van der Waals surface area (Å²) >= 11 is 0. The van der Waals surface area contributed by atoms with Crippen molar-refractivity contribution in [3.05, 3.63) is 29.3 Å². The molecule has 1 atom stereocenters. The maximum absolute atomic E-state index is 11.6. The molecule has 0 aromatic heterocycles. The van der Waals surface area contributed by atoms with Crippen LogP contribution in [-0.2, 0) is 9.53 Å². The van der Waals surface area contributed by atoms with Gasteiger partial charge in [0.2, 0.25) is 0 Å². The van der Waals surface area contributed by atoms with Gasteiger partial charge in [0.15, 0.2) is 0 Å². The van der Waals surface area contributed by atoms with Crippen LogP contribution in [0.4, 0.5) is 0 Å². The molecule has 0 spiro atoms. The summed E-state index contributed by atoms with van der Waals surface area (Å²) in [5.74, 6) is 0.982. The Morgan fingerprint density at radius 1 is 1.35 bits per heavy atom. The zero-order valence-electron chi connectivity index (χ0n) is 13.0. The molecular formula is C16H25NO3. The molecule has 0 aliphatic carbocycles. The largest absolute Gasteiger partial charge is 0.491 e. The second-order valence-electron chi connectivity index (χ2n) is 5.08. The van der Waals surface area contributed by atoms with Gasteiger partial charge in [-0.05, 0) is 50.1 Å². The normalized spacial score (nSPS) is 12.3. The van der Waals surface area contributed by atoms with E-state index in [1.165, 1.54) is 11.1 Å². The van der Waals surface area contributed by atoms with Crippen LogP contribution < -0.4 is 10.1 Å². The number of nitrogens with one attached hydrogen (secondary N) is 1. The highest BCUT2D eigenvalue weighted by Crippen LogP contribution is 2.23. The van der Waals surface area contributed by atoms with Crippen molar-refractivity contribution in [1.82, 2.24) is 5.32 Å². The predicted molar refractivity (Wildman–Crippen MR) is 80.2 cm³/mol. The van der Waals surface area contributed by atoms with Crippen molar-refractivity contribution in [2.45, 2.75) is 39.7 Å². The summed E-state index contributed by atoms with van der Waals surface area (Å²) in [6.45, 7) is 8.83. The molecule has 4 heteroatoms. The summed E-state index contributed by atoms with van der Waals surface area (Å²) in [7, 11) is 1.72. The lowest BCUT2D eigenvalue weighted by atomic mass is 9.98. The van der Waals surface area contributed by atoms with Crippen LogP contribution in [0.15, 0.2) is 18.2 Å². The number of ether oxygens (including phenoxy) is 2. The third-order valence-corrected chi connectivity index (χ3v) is 3.20. The van der Waals surface area contributed by atoms with E-state index in [1.807, 2.05) is 12.1 Å². The number of rotatable bonds is 7. The van der Waals surface area contributed by atoms with E-state index in [-0.39, 0.29) is 12.6 Å². The van der Waals surface area contributed by atoms with Crippen LogP contribution in [0.25, 0.3) is 0 Å². The molecule has 0 aliphatic heterocycles. The van der Waals surface area contributed by atoms with Crippen LogP contribution in [0, 0.1) is 6.92 Å². The molecule has 0 radical (unpaired) electrons. The molecule has 20 heavy (non-hydrogen) atoms. The minimum atomic E-state index is -0.444. The Kier molecular flexibility index (Phi) is 6.52. The Hall–Kier alpha value is -1.55. The van der Waals surface area contributed by atoms with Gasteiger partial charge < -0.3 is 14.8 Å². The Morgan fingerprint density at radius 3 is 2.55 bits per heavy atom. The molecule has 1 rings (SSSR count). The topological polar surface area (TPSA) is 47.6 Å². The molecule has 0 heterocycles. The van der Waals surface area contributed by atoms with Crippen molar-refractivity contribution in [2.24, 2.45) is 0 Å². The van der Waals surface area contributed by atoms with Crippen LogP contribution in [-0.4, -0.2) is 32.3 Å². The lowest BCUT2D eigenvalue weighted by Gasteiger charge is -2.17. The predicted octanol–water partition coefficient (Wildman–Crippen LogP) is 2.65. The average Bonchev–Trinajstić information content (AvgIpc) is 2.39. The summed E-state index contributed by atoms with van der Waals surface area (Å²) < 4.78 is 10.7. The fourth-order valence-corrected chi connectivity index (χ4v) is 2.08. The maximum Gasteiger partial charge on any atom is 0.326 e. The lowest BCUT2D eigenvalue weighted by molar-refractivity contribution is -0.146. The second-order valence-corrected chi connectivity index (χ2v) is 5.08. The van der Waals surface area contributed by atoms with Gasteiger partial charge in [-0.25, -0.2) is 0 Å². The fourth-order valence-electron chi connectivity index (χ4n) is 2.08. The fraction of sp³-hybridized carbons (Fsp3) is 0.562. The van der Waals surface area contributed by atoms with E-state index in [9.17, 15) is 4.79 Å². The first kappa shape index (κ1) is 16.5. The zero-order valence-corrected chi connectivity index (χ0v) is 13.0. The second kappa shape index (κ2) is 7.90. The van der Waals surface area contributed by atoms with Gasteiger partial charge in [-0.2, -0.15) is 0 Å². The van der Waals surface area contributed by atoms with Gasteiger partial charge in [-0.3, -0.25) is 4.79 Å². The minimum absolute atomic E-state index is 0.260. The highest BCUT2D eigenvalue weighted by atomic mass is 16.5. The summed E-state index contributed by atoms with van der Waals surface area (Å²) in [5.41, 5.74) is 2.52. The number of likely N-dealkylation sites (N-methyl/N-ethyl adjacent to an activating group) is 1. The van der Waals surface area contributed by atoms with E-state index in [4.69, 9.17) is 9.47 Å². The summed E-state index contributed by atoms with van der Waals surface area (Å²) in [5, 5.41) is 2.90. The average molecular weight is 279 g/mol. The first-order chi connectivity index (χ1) is 9.49. The van der Waals surface area contributed by atoms with Crippen LogP contribution in [0.1, 0.15) is 37.8 Å². The molecule has 4 nitrogen and oxygen atoms in total. The lowest BCUT2D eigenvalue weighted by Crippen LogP contribution is -2.40. The highest BCUT2D eigenvalue weighted by molar-refractivity contribution is 5.75. The Labute approximate surface area is 121 Å². The van der Waals surface area contributed by atoms with E-state index in [0.29, 0.717) is 12.5 Å². The molecule has 0 fully saturated rings. The zero-order chi connectivity index (χ0) is 15.1. The van der Waals surface area contributed by atoms with Gasteiger partial charge in [0.05, 0.1) is 6.61 Å². The third kappa shape index (κ3) is 4.53. The number of aryl methyl sites for hydroxylation is 1. The van der Waals surface area contributed by atoms with Crippen LogP contribution >= 0.6 is 0 Å². The first-order valence-electron chi connectivity index (χ1n) is 7.06. The van der Waals surface area contributed by atoms with Gasteiger partial charge >= 0.3 is 5.97 Å². The van der Waals surface area contributed by atoms with Crippen LogP contribution in [0.3, 0.4) is 0 Å². The van der Waals surface area contributed by atoms with Crippen molar-refractivity contribution in [3.63, 3.8) is 0 Å². The van der Waals surface area contributed by atoms with Gasteiger partial charge in [0.25, 0.3) is 0 Å². The van der Waals surface area contributed by atoms with Crippen molar-refractivity contribution in [1.29, 1.82) is 0 Å². The van der Waals surface area contributed by atoms with Crippen molar-refractivity contribution in [3.8, 4) is 5.75 Å². The summed E-state index contributed by atoms with van der Waals surface area (Å²) in [6.07, 6.45) is 0.